The minimum Gasteiger partial charge on any atom is -0.496 e. The number of carbonyl (C=O) groups is 1. The van der Waals surface area contributed by atoms with Crippen LogP contribution in [0.2, 0.25) is 0 Å². The molecule has 0 radical (unpaired) electrons. The van der Waals surface area contributed by atoms with Crippen molar-refractivity contribution < 1.29 is 19.0 Å². The molecule has 0 bridgehead atoms. The SMILES string of the molecule is COc1cc(OC)c(/C=N/NC(=O)Cn2nnc(-c3ccccc3)n2)c(OC)c1. The van der Waals surface area contributed by atoms with Gasteiger partial charge >= 0.3 is 0 Å². The van der Waals surface area contributed by atoms with Gasteiger partial charge in [0.05, 0.1) is 33.1 Å². The number of nitrogens with zero attached hydrogens (tertiary/aromatic N) is 5. The van der Waals surface area contributed by atoms with E-state index < -0.39 is 5.91 Å². The number of nitrogens with one attached hydrogen (secondary N) is 1. The molecule has 0 saturated carbocycles. The fourth-order valence-electron chi connectivity index (χ4n) is 2.51. The summed E-state index contributed by atoms with van der Waals surface area (Å²) in [6, 6.07) is 12.7. The summed E-state index contributed by atoms with van der Waals surface area (Å²) in [6.45, 7) is -0.131. The van der Waals surface area contributed by atoms with E-state index in [1.165, 1.54) is 25.2 Å². The van der Waals surface area contributed by atoms with Crippen molar-refractivity contribution >= 4 is 12.1 Å². The van der Waals surface area contributed by atoms with Crippen molar-refractivity contribution in [2.75, 3.05) is 21.3 Å². The van der Waals surface area contributed by atoms with E-state index in [1.807, 2.05) is 30.3 Å². The lowest BCUT2D eigenvalue weighted by Gasteiger charge is -2.12. The number of hydrazone groups is 1. The molecule has 3 rings (SSSR count). The summed E-state index contributed by atoms with van der Waals surface area (Å²) >= 11 is 0. The Kier molecular flexibility index (Phi) is 6.36. The Morgan fingerprint density at radius 3 is 2.41 bits per heavy atom. The molecular weight excluding hydrogens is 376 g/mol. The summed E-state index contributed by atoms with van der Waals surface area (Å²) in [4.78, 5) is 13.3. The van der Waals surface area contributed by atoms with Crippen molar-refractivity contribution in [2.45, 2.75) is 6.54 Å². The predicted molar refractivity (Wildman–Crippen MR) is 105 cm³/mol. The van der Waals surface area contributed by atoms with Crippen LogP contribution in [-0.2, 0) is 11.3 Å². The molecule has 10 nitrogen and oxygen atoms in total. The molecule has 1 amide bonds. The average Bonchev–Trinajstić information content (AvgIpc) is 3.22. The van der Waals surface area contributed by atoms with Crippen LogP contribution in [0.5, 0.6) is 17.2 Å². The maximum absolute atomic E-state index is 12.1. The Hall–Kier alpha value is -3.95. The number of hydrogen-bond donors (Lipinski definition) is 1. The minimum absolute atomic E-state index is 0.131. The fraction of sp³-hybridized carbons (Fsp3) is 0.211. The minimum atomic E-state index is -0.412. The average molecular weight is 396 g/mol. The molecule has 2 aromatic carbocycles. The predicted octanol–water partition coefficient (Wildman–Crippen LogP) is 1.52. The number of benzene rings is 2. The standard InChI is InChI=1S/C19H20N6O4/c1-27-14-9-16(28-2)15(17(10-14)29-3)11-20-21-18(26)12-25-23-19(22-24-25)13-7-5-4-6-8-13/h4-11H,12H2,1-3H3,(H,21,26)/b20-11+. The smallest absolute Gasteiger partial charge is 0.263 e. The molecule has 10 heteroatoms. The second kappa shape index (κ2) is 9.31. The maximum Gasteiger partial charge on any atom is 0.263 e. The van der Waals surface area contributed by atoms with Gasteiger partial charge in [-0.15, -0.1) is 10.2 Å². The van der Waals surface area contributed by atoms with Crippen LogP contribution in [0.15, 0.2) is 47.6 Å². The molecule has 0 atom stereocenters. The Morgan fingerprint density at radius 2 is 1.79 bits per heavy atom. The van der Waals surface area contributed by atoms with Crippen LogP contribution in [-0.4, -0.2) is 53.7 Å². The lowest BCUT2D eigenvalue weighted by atomic mass is 10.2. The Labute approximate surface area is 167 Å². The van der Waals surface area contributed by atoms with E-state index in [9.17, 15) is 4.79 Å². The Bertz CT molecular complexity index is 978. The van der Waals surface area contributed by atoms with Crippen molar-refractivity contribution in [1.29, 1.82) is 0 Å². The molecule has 1 N–H and O–H groups in total. The summed E-state index contributed by atoms with van der Waals surface area (Å²) in [5.74, 6) is 1.58. The molecule has 0 aliphatic carbocycles. The van der Waals surface area contributed by atoms with Crippen LogP contribution in [0.25, 0.3) is 11.4 Å². The third-order valence-electron chi connectivity index (χ3n) is 3.91. The zero-order valence-corrected chi connectivity index (χ0v) is 16.2. The zero-order valence-electron chi connectivity index (χ0n) is 16.2. The second-order valence-corrected chi connectivity index (χ2v) is 5.75. The van der Waals surface area contributed by atoms with Crippen LogP contribution < -0.4 is 19.6 Å². The van der Waals surface area contributed by atoms with E-state index in [2.05, 4.69) is 25.9 Å². The van der Waals surface area contributed by atoms with E-state index in [0.29, 0.717) is 28.6 Å². The van der Waals surface area contributed by atoms with Gasteiger partial charge in [0, 0.05) is 17.7 Å². The Morgan fingerprint density at radius 1 is 1.10 bits per heavy atom. The van der Waals surface area contributed by atoms with Crippen LogP contribution >= 0.6 is 0 Å². The zero-order chi connectivity index (χ0) is 20.6. The first-order valence-corrected chi connectivity index (χ1v) is 8.59. The number of tetrazole rings is 1. The monoisotopic (exact) mass is 396 g/mol. The molecule has 29 heavy (non-hydrogen) atoms. The highest BCUT2D eigenvalue weighted by Crippen LogP contribution is 2.32. The van der Waals surface area contributed by atoms with Gasteiger partial charge in [-0.25, -0.2) is 5.43 Å². The highest BCUT2D eigenvalue weighted by atomic mass is 16.5. The van der Waals surface area contributed by atoms with Gasteiger partial charge in [-0.1, -0.05) is 30.3 Å². The normalized spacial score (nSPS) is 10.7. The molecule has 0 fully saturated rings. The molecule has 0 spiro atoms. The topological polar surface area (TPSA) is 113 Å². The third-order valence-corrected chi connectivity index (χ3v) is 3.91. The van der Waals surface area contributed by atoms with E-state index >= 15 is 0 Å². The van der Waals surface area contributed by atoms with Crippen LogP contribution in [0, 0.1) is 0 Å². The maximum atomic E-state index is 12.1. The third kappa shape index (κ3) is 4.86. The number of carbonyl (C=O) groups excluding carboxylic acids is 1. The van der Waals surface area contributed by atoms with Crippen LogP contribution in [0.4, 0.5) is 0 Å². The van der Waals surface area contributed by atoms with Crippen molar-refractivity contribution in [2.24, 2.45) is 5.10 Å². The van der Waals surface area contributed by atoms with Gasteiger partial charge in [-0.3, -0.25) is 4.79 Å². The van der Waals surface area contributed by atoms with Crippen molar-refractivity contribution in [3.63, 3.8) is 0 Å². The fourth-order valence-corrected chi connectivity index (χ4v) is 2.51. The van der Waals surface area contributed by atoms with Crippen molar-refractivity contribution in [1.82, 2.24) is 25.6 Å². The van der Waals surface area contributed by atoms with E-state index in [-0.39, 0.29) is 6.54 Å². The van der Waals surface area contributed by atoms with Crippen molar-refractivity contribution in [3.05, 3.63) is 48.0 Å². The highest BCUT2D eigenvalue weighted by molar-refractivity contribution is 5.89. The molecule has 0 aliphatic heterocycles. The molecule has 0 aliphatic rings. The van der Waals surface area contributed by atoms with Gasteiger partial charge in [0.15, 0.2) is 0 Å². The lowest BCUT2D eigenvalue weighted by Crippen LogP contribution is -2.24. The molecule has 3 aromatic rings. The first-order chi connectivity index (χ1) is 14.1. The van der Waals surface area contributed by atoms with E-state index in [0.717, 1.165) is 5.56 Å². The number of methoxy groups -OCH3 is 3. The van der Waals surface area contributed by atoms with Gasteiger partial charge < -0.3 is 14.2 Å². The Balaban J connectivity index is 1.65. The van der Waals surface area contributed by atoms with Crippen LogP contribution in [0.1, 0.15) is 5.56 Å². The molecule has 150 valence electrons. The molecule has 0 unspecified atom stereocenters. The van der Waals surface area contributed by atoms with Gasteiger partial charge in [-0.05, 0) is 5.21 Å². The van der Waals surface area contributed by atoms with Gasteiger partial charge in [0.1, 0.15) is 23.8 Å². The summed E-state index contributed by atoms with van der Waals surface area (Å²) < 4.78 is 15.9. The first-order valence-electron chi connectivity index (χ1n) is 8.59. The number of aromatic nitrogens is 4. The number of rotatable bonds is 8. The molecule has 1 aromatic heterocycles. The van der Waals surface area contributed by atoms with Gasteiger partial charge in [-0.2, -0.15) is 9.90 Å². The summed E-state index contributed by atoms with van der Waals surface area (Å²) in [5, 5.41) is 16.0. The summed E-state index contributed by atoms with van der Waals surface area (Å²) in [7, 11) is 4.58. The number of amides is 1. The summed E-state index contributed by atoms with van der Waals surface area (Å²) in [5.41, 5.74) is 3.79. The van der Waals surface area contributed by atoms with Crippen molar-refractivity contribution in [3.8, 4) is 28.6 Å². The van der Waals surface area contributed by atoms with E-state index in [4.69, 9.17) is 14.2 Å². The number of ether oxygens (including phenoxy) is 3. The highest BCUT2D eigenvalue weighted by Gasteiger charge is 2.12. The van der Waals surface area contributed by atoms with Crippen LogP contribution in [0.3, 0.4) is 0 Å². The molecule has 1 heterocycles. The lowest BCUT2D eigenvalue weighted by molar-refractivity contribution is -0.122. The first kappa shape index (κ1) is 19.8. The quantitative estimate of drug-likeness (QED) is 0.454. The molecule has 0 saturated heterocycles. The summed E-state index contributed by atoms with van der Waals surface area (Å²) in [6.07, 6.45) is 1.43. The second-order valence-electron chi connectivity index (χ2n) is 5.75. The van der Waals surface area contributed by atoms with E-state index in [1.54, 1.807) is 19.2 Å². The van der Waals surface area contributed by atoms with Gasteiger partial charge in [0.2, 0.25) is 5.82 Å². The number of hydrogen-bond acceptors (Lipinski definition) is 8. The molecular formula is C19H20N6O4. The largest absolute Gasteiger partial charge is 0.496 e. The van der Waals surface area contributed by atoms with Gasteiger partial charge in [0.25, 0.3) is 5.91 Å².